The van der Waals surface area contributed by atoms with E-state index >= 15 is 0 Å². The largest absolute Gasteiger partial charge is 0.496 e. The molecule has 1 aliphatic rings. The molecule has 0 fully saturated rings. The summed E-state index contributed by atoms with van der Waals surface area (Å²) in [5.41, 5.74) is -0.252. The van der Waals surface area contributed by atoms with Crippen LogP contribution in [-0.4, -0.2) is 31.5 Å². The Hall–Kier alpha value is -3.34. The third-order valence-corrected chi connectivity index (χ3v) is 5.78. The lowest BCUT2D eigenvalue weighted by molar-refractivity contribution is -0.137. The molecule has 0 saturated heterocycles. The molecule has 11 heteroatoms. The zero-order chi connectivity index (χ0) is 22.8. The van der Waals surface area contributed by atoms with E-state index in [1.54, 1.807) is 24.3 Å². The molecule has 0 atom stereocenters. The second kappa shape index (κ2) is 8.42. The molecule has 164 valence electrons. The van der Waals surface area contributed by atoms with E-state index in [0.717, 1.165) is 34.8 Å². The standard InChI is InChI=1S/C20H18F3N3O4S/c1-13-17(19(27)24-16-9-7-15(8-10-16)20(21,22)23)12-26(31(28,29)25-13)11-14-5-3-4-6-18(14)30-2/h3-10,12H,11H2,1-2H3,(H,24,27). The first-order chi connectivity index (χ1) is 14.5. The molecule has 0 spiro atoms. The minimum atomic E-state index is -4.50. The van der Waals surface area contributed by atoms with E-state index in [4.69, 9.17) is 4.74 Å². The summed E-state index contributed by atoms with van der Waals surface area (Å²) in [5.74, 6) is -0.242. The molecule has 2 aromatic carbocycles. The third-order valence-electron chi connectivity index (χ3n) is 4.44. The van der Waals surface area contributed by atoms with E-state index in [2.05, 4.69) is 9.71 Å². The Morgan fingerprint density at radius 1 is 1.13 bits per heavy atom. The van der Waals surface area contributed by atoms with Gasteiger partial charge in [0, 0.05) is 17.5 Å². The Balaban J connectivity index is 1.85. The quantitative estimate of drug-likeness (QED) is 0.747. The Labute approximate surface area is 177 Å². The molecule has 1 heterocycles. The smallest absolute Gasteiger partial charge is 0.416 e. The van der Waals surface area contributed by atoms with Crippen molar-refractivity contribution in [3.05, 3.63) is 71.4 Å². The fourth-order valence-corrected chi connectivity index (χ4v) is 3.96. The molecule has 0 unspecified atom stereocenters. The van der Waals surface area contributed by atoms with Gasteiger partial charge in [-0.25, -0.2) is 0 Å². The van der Waals surface area contributed by atoms with Crippen molar-refractivity contribution in [3.63, 3.8) is 0 Å². The maximum absolute atomic E-state index is 12.7. The van der Waals surface area contributed by atoms with Gasteiger partial charge in [-0.15, -0.1) is 4.40 Å². The van der Waals surface area contributed by atoms with Crippen molar-refractivity contribution in [1.29, 1.82) is 0 Å². The van der Waals surface area contributed by atoms with Crippen LogP contribution < -0.4 is 10.1 Å². The molecule has 2 aromatic rings. The number of carbonyl (C=O) groups is 1. The molecule has 0 aliphatic carbocycles. The second-order valence-corrected chi connectivity index (χ2v) is 8.13. The van der Waals surface area contributed by atoms with Gasteiger partial charge in [-0.3, -0.25) is 9.10 Å². The topological polar surface area (TPSA) is 88.1 Å². The minimum absolute atomic E-state index is 0.0374. The highest BCUT2D eigenvalue weighted by Gasteiger charge is 2.31. The molecule has 1 aliphatic heterocycles. The Morgan fingerprint density at radius 2 is 1.77 bits per heavy atom. The van der Waals surface area contributed by atoms with Crippen LogP contribution in [0.5, 0.6) is 5.75 Å². The second-order valence-electron chi connectivity index (χ2n) is 6.58. The monoisotopic (exact) mass is 453 g/mol. The fourth-order valence-electron chi connectivity index (χ4n) is 2.87. The van der Waals surface area contributed by atoms with E-state index in [1.165, 1.54) is 14.0 Å². The van der Waals surface area contributed by atoms with Crippen LogP contribution in [0.1, 0.15) is 18.1 Å². The average Bonchev–Trinajstić information content (AvgIpc) is 2.69. The summed E-state index contributed by atoms with van der Waals surface area (Å²) in [5, 5.41) is 2.45. The first-order valence-electron chi connectivity index (χ1n) is 8.92. The highest BCUT2D eigenvalue weighted by molar-refractivity contribution is 7.88. The first kappa shape index (κ1) is 22.3. The van der Waals surface area contributed by atoms with Crippen LogP contribution in [0, 0.1) is 0 Å². The molecule has 1 amide bonds. The summed E-state index contributed by atoms with van der Waals surface area (Å²) in [6.07, 6.45) is -3.35. The van der Waals surface area contributed by atoms with Gasteiger partial charge in [-0.1, -0.05) is 18.2 Å². The number of halogens is 3. The van der Waals surface area contributed by atoms with E-state index < -0.39 is 27.9 Å². The van der Waals surface area contributed by atoms with Gasteiger partial charge >= 0.3 is 16.4 Å². The normalized spacial score (nSPS) is 15.7. The van der Waals surface area contributed by atoms with Crippen molar-refractivity contribution < 1.29 is 31.1 Å². The Bertz CT molecular complexity index is 1160. The molecule has 0 aromatic heterocycles. The van der Waals surface area contributed by atoms with Gasteiger partial charge in [-0.05, 0) is 37.3 Å². The van der Waals surface area contributed by atoms with Crippen molar-refractivity contribution in [2.24, 2.45) is 4.40 Å². The summed E-state index contributed by atoms with van der Waals surface area (Å²) in [4.78, 5) is 12.7. The average molecular weight is 453 g/mol. The summed E-state index contributed by atoms with van der Waals surface area (Å²) in [6, 6.07) is 10.7. The summed E-state index contributed by atoms with van der Waals surface area (Å²) < 4.78 is 72.8. The van der Waals surface area contributed by atoms with Gasteiger partial charge in [0.25, 0.3) is 5.91 Å². The van der Waals surface area contributed by atoms with Crippen molar-refractivity contribution in [2.75, 3.05) is 12.4 Å². The van der Waals surface area contributed by atoms with Crippen molar-refractivity contribution >= 4 is 27.5 Å². The number of anilines is 1. The van der Waals surface area contributed by atoms with Crippen LogP contribution in [0.4, 0.5) is 18.9 Å². The van der Waals surface area contributed by atoms with Gasteiger partial charge in [-0.2, -0.15) is 21.6 Å². The molecule has 0 saturated carbocycles. The van der Waals surface area contributed by atoms with E-state index in [0.29, 0.717) is 11.3 Å². The van der Waals surface area contributed by atoms with Crippen LogP contribution in [0.2, 0.25) is 0 Å². The number of hydrogen-bond acceptors (Lipinski definition) is 4. The predicted molar refractivity (Wildman–Crippen MR) is 109 cm³/mol. The number of benzene rings is 2. The zero-order valence-electron chi connectivity index (χ0n) is 16.5. The third kappa shape index (κ3) is 5.05. The SMILES string of the molecule is COc1ccccc1CN1C=C(C(=O)Nc2ccc(C(F)(F)F)cc2)C(C)=NS1(=O)=O. The van der Waals surface area contributed by atoms with Gasteiger partial charge < -0.3 is 10.1 Å². The van der Waals surface area contributed by atoms with Crippen molar-refractivity contribution in [1.82, 2.24) is 4.31 Å². The first-order valence-corrected chi connectivity index (χ1v) is 10.3. The maximum atomic E-state index is 12.7. The summed E-state index contributed by atoms with van der Waals surface area (Å²) in [6.45, 7) is 1.23. The highest BCUT2D eigenvalue weighted by atomic mass is 32.2. The van der Waals surface area contributed by atoms with Crippen molar-refractivity contribution in [2.45, 2.75) is 19.6 Å². The number of rotatable bonds is 5. The zero-order valence-corrected chi connectivity index (χ0v) is 17.3. The van der Waals surface area contributed by atoms with Crippen LogP contribution in [0.25, 0.3) is 0 Å². The number of carbonyl (C=O) groups excluding carboxylic acids is 1. The van der Waals surface area contributed by atoms with Gasteiger partial charge in [0.05, 0.1) is 30.5 Å². The van der Waals surface area contributed by atoms with Gasteiger partial charge in [0.2, 0.25) is 0 Å². The van der Waals surface area contributed by atoms with E-state index in [1.807, 2.05) is 0 Å². The molecule has 0 bridgehead atoms. The van der Waals surface area contributed by atoms with Crippen LogP contribution in [0.15, 0.2) is 64.7 Å². The van der Waals surface area contributed by atoms with Crippen LogP contribution in [0.3, 0.4) is 0 Å². The number of ether oxygens (including phenoxy) is 1. The number of hydrogen-bond donors (Lipinski definition) is 1. The Kier molecular flexibility index (Phi) is 6.07. The number of amides is 1. The van der Waals surface area contributed by atoms with E-state index in [-0.39, 0.29) is 23.5 Å². The number of nitrogens with zero attached hydrogens (tertiary/aromatic N) is 2. The van der Waals surface area contributed by atoms with Crippen molar-refractivity contribution in [3.8, 4) is 5.75 Å². The fraction of sp³-hybridized carbons (Fsp3) is 0.200. The van der Waals surface area contributed by atoms with Crippen LogP contribution in [-0.2, 0) is 27.7 Å². The number of alkyl halides is 3. The maximum Gasteiger partial charge on any atom is 0.416 e. The molecule has 3 rings (SSSR count). The van der Waals surface area contributed by atoms with E-state index in [9.17, 15) is 26.4 Å². The number of methoxy groups -OCH3 is 1. The molecule has 31 heavy (non-hydrogen) atoms. The lowest BCUT2D eigenvalue weighted by atomic mass is 10.1. The molecular formula is C20H18F3N3O4S. The minimum Gasteiger partial charge on any atom is -0.496 e. The van der Waals surface area contributed by atoms with Gasteiger partial charge in [0.15, 0.2) is 0 Å². The predicted octanol–water partition coefficient (Wildman–Crippen LogP) is 3.76. The molecule has 0 radical (unpaired) electrons. The molecular weight excluding hydrogens is 435 g/mol. The Morgan fingerprint density at radius 3 is 2.39 bits per heavy atom. The lowest BCUT2D eigenvalue weighted by Crippen LogP contribution is -2.32. The number of nitrogens with one attached hydrogen (secondary N) is 1. The summed E-state index contributed by atoms with van der Waals surface area (Å²) >= 11 is 0. The molecule has 1 N–H and O–H groups in total. The summed E-state index contributed by atoms with van der Waals surface area (Å²) in [7, 11) is -2.62. The molecule has 7 nitrogen and oxygen atoms in total. The highest BCUT2D eigenvalue weighted by Crippen LogP contribution is 2.30. The van der Waals surface area contributed by atoms with Crippen LogP contribution >= 0.6 is 0 Å². The van der Waals surface area contributed by atoms with Gasteiger partial charge in [0.1, 0.15) is 5.75 Å². The lowest BCUT2D eigenvalue weighted by Gasteiger charge is -2.24. The number of para-hydroxylation sites is 1.